The highest BCUT2D eigenvalue weighted by Gasteiger charge is 2.62. The Balaban J connectivity index is 1.42. The Morgan fingerprint density at radius 3 is 2.40 bits per heavy atom. The first-order valence-corrected chi connectivity index (χ1v) is 17.2. The summed E-state index contributed by atoms with van der Waals surface area (Å²) in [4.78, 5) is 55.8. The van der Waals surface area contributed by atoms with E-state index in [4.69, 9.17) is 14.0 Å². The van der Waals surface area contributed by atoms with Gasteiger partial charge in [-0.05, 0) is 62.7 Å². The van der Waals surface area contributed by atoms with E-state index in [1.165, 1.54) is 11.0 Å². The summed E-state index contributed by atoms with van der Waals surface area (Å²) in [5.41, 5.74) is -2.68. The number of hydrogen-bond donors (Lipinski definition) is 3. The fourth-order valence-electron chi connectivity index (χ4n) is 5.74. The van der Waals surface area contributed by atoms with Gasteiger partial charge in [0, 0.05) is 12.3 Å². The van der Waals surface area contributed by atoms with Crippen molar-refractivity contribution in [2.75, 3.05) is 6.54 Å². The van der Waals surface area contributed by atoms with E-state index in [2.05, 4.69) is 27.1 Å². The summed E-state index contributed by atoms with van der Waals surface area (Å²) in [6.45, 7) is 14.1. The Kier molecular flexibility index (Phi) is 8.84. The number of aromatic nitrogens is 1. The average Bonchev–Trinajstić information content (AvgIpc) is 3.86. The maximum Gasteiger partial charge on any atom is 0.408 e. The molecule has 3 aliphatic rings. The zero-order chi connectivity index (χ0) is 34.5. The number of rotatable bonds is 10. The van der Waals surface area contributed by atoms with Crippen LogP contribution in [0.4, 0.5) is 4.79 Å². The number of para-hydroxylation sites is 1. The molecule has 2 heterocycles. The van der Waals surface area contributed by atoms with Crippen molar-refractivity contribution >= 4 is 44.8 Å². The first kappa shape index (κ1) is 34.2. The highest BCUT2D eigenvalue weighted by molar-refractivity contribution is 7.91. The minimum Gasteiger partial charge on any atom is -0.470 e. The molecule has 2 aliphatic carbocycles. The largest absolute Gasteiger partial charge is 0.470 e. The van der Waals surface area contributed by atoms with E-state index < -0.39 is 79.7 Å². The standard InChI is InChI=1S/C32H43N5O9S/c1-8-18-16-32(18,28(40)36-47(42,43)20-13-14-20)34-25(38)22-15-19(44-26-21-11-9-10-12-23(21)46-35-26)17-37(22)27(39)24(30(2,3)4)33-29(41)45-31(5,6)7/h8-12,18-20,22,24H,1,13-17H2,2-7H3,(H,33,41)(H,34,38)(H,36,40)/t18?,19-,22+,24-,32-/m1/s1. The number of nitrogens with one attached hydrogen (secondary N) is 3. The molecule has 256 valence electrons. The third kappa shape index (κ3) is 7.39. The van der Waals surface area contributed by atoms with Gasteiger partial charge in [0.25, 0.3) is 11.8 Å². The quantitative estimate of drug-likeness (QED) is 0.317. The minimum absolute atomic E-state index is 0.0128. The van der Waals surface area contributed by atoms with Gasteiger partial charge in [0.1, 0.15) is 29.3 Å². The summed E-state index contributed by atoms with van der Waals surface area (Å²) in [6, 6.07) is 4.82. The van der Waals surface area contributed by atoms with Crippen LogP contribution in [-0.4, -0.2) is 83.4 Å². The number of fused-ring (bicyclic) bond motifs is 1. The fourth-order valence-corrected chi connectivity index (χ4v) is 7.10. The molecule has 4 amide bonds. The second-order valence-electron chi connectivity index (χ2n) is 14.6. The van der Waals surface area contributed by atoms with Gasteiger partial charge in [-0.25, -0.2) is 13.2 Å². The Morgan fingerprint density at radius 2 is 1.81 bits per heavy atom. The van der Waals surface area contributed by atoms with Crippen molar-refractivity contribution in [2.45, 2.75) is 102 Å². The van der Waals surface area contributed by atoms with Crippen molar-refractivity contribution < 1.29 is 41.6 Å². The molecule has 47 heavy (non-hydrogen) atoms. The van der Waals surface area contributed by atoms with Gasteiger partial charge < -0.3 is 29.5 Å². The van der Waals surface area contributed by atoms with E-state index in [0.29, 0.717) is 23.8 Å². The van der Waals surface area contributed by atoms with Crippen molar-refractivity contribution in [2.24, 2.45) is 11.3 Å². The van der Waals surface area contributed by atoms with Gasteiger partial charge in [-0.3, -0.25) is 19.1 Å². The van der Waals surface area contributed by atoms with Gasteiger partial charge in [0.05, 0.1) is 17.2 Å². The van der Waals surface area contributed by atoms with Crippen molar-refractivity contribution in [3.8, 4) is 5.88 Å². The van der Waals surface area contributed by atoms with Crippen LogP contribution >= 0.6 is 0 Å². The van der Waals surface area contributed by atoms with Crippen LogP contribution in [0.25, 0.3) is 11.0 Å². The van der Waals surface area contributed by atoms with Gasteiger partial charge in [-0.1, -0.05) is 39.0 Å². The van der Waals surface area contributed by atoms with Gasteiger partial charge >= 0.3 is 6.09 Å². The number of nitrogens with zero attached hydrogens (tertiary/aromatic N) is 2. The molecule has 1 aromatic heterocycles. The van der Waals surface area contributed by atoms with E-state index in [1.54, 1.807) is 65.8 Å². The maximum atomic E-state index is 14.3. The number of carbonyl (C=O) groups excluding carboxylic acids is 4. The Morgan fingerprint density at radius 1 is 1.13 bits per heavy atom. The van der Waals surface area contributed by atoms with Crippen LogP contribution in [-0.2, 0) is 29.1 Å². The maximum absolute atomic E-state index is 14.3. The van der Waals surface area contributed by atoms with E-state index in [0.717, 1.165) is 0 Å². The predicted molar refractivity (Wildman–Crippen MR) is 170 cm³/mol. The van der Waals surface area contributed by atoms with Crippen LogP contribution in [0.1, 0.15) is 67.2 Å². The lowest BCUT2D eigenvalue weighted by atomic mass is 9.85. The van der Waals surface area contributed by atoms with E-state index in [-0.39, 0.29) is 25.3 Å². The monoisotopic (exact) mass is 673 g/mol. The van der Waals surface area contributed by atoms with Crippen LogP contribution in [0.3, 0.4) is 0 Å². The second-order valence-corrected chi connectivity index (χ2v) is 16.6. The van der Waals surface area contributed by atoms with Gasteiger partial charge in [0.15, 0.2) is 5.58 Å². The van der Waals surface area contributed by atoms with Crippen LogP contribution in [0.15, 0.2) is 41.4 Å². The number of alkyl carbamates (subject to hydrolysis) is 1. The summed E-state index contributed by atoms with van der Waals surface area (Å²) < 4.78 is 44.3. The highest BCUT2D eigenvalue weighted by Crippen LogP contribution is 2.45. The number of benzene rings is 1. The summed E-state index contributed by atoms with van der Waals surface area (Å²) in [7, 11) is -3.89. The third-order valence-corrected chi connectivity index (χ3v) is 10.3. The summed E-state index contributed by atoms with van der Waals surface area (Å²) in [5.74, 6) is -2.42. The molecule has 1 aliphatic heterocycles. The van der Waals surface area contributed by atoms with Crippen LogP contribution in [0.2, 0.25) is 0 Å². The zero-order valence-corrected chi connectivity index (χ0v) is 28.3. The zero-order valence-electron chi connectivity index (χ0n) is 27.5. The van der Waals surface area contributed by atoms with Crippen LogP contribution < -0.4 is 20.1 Å². The average molecular weight is 674 g/mol. The predicted octanol–water partition coefficient (Wildman–Crippen LogP) is 2.78. The molecule has 0 spiro atoms. The molecule has 2 aromatic rings. The van der Waals surface area contributed by atoms with Gasteiger partial charge in [-0.2, -0.15) is 0 Å². The smallest absolute Gasteiger partial charge is 0.408 e. The number of ether oxygens (including phenoxy) is 2. The summed E-state index contributed by atoms with van der Waals surface area (Å²) in [5, 5.41) is 9.42. The van der Waals surface area contributed by atoms with E-state index in [1.807, 2.05) is 0 Å². The van der Waals surface area contributed by atoms with E-state index in [9.17, 15) is 27.6 Å². The topological polar surface area (TPSA) is 186 Å². The lowest BCUT2D eigenvalue weighted by Gasteiger charge is -2.36. The molecule has 5 rings (SSSR count). The molecule has 14 nitrogen and oxygen atoms in total. The number of likely N-dealkylation sites (tertiary alicyclic amines) is 1. The van der Waals surface area contributed by atoms with Crippen molar-refractivity contribution in [1.82, 2.24) is 25.4 Å². The molecular formula is C32H43N5O9S. The molecule has 15 heteroatoms. The minimum atomic E-state index is -3.89. The van der Waals surface area contributed by atoms with Gasteiger partial charge in [0.2, 0.25) is 21.8 Å². The van der Waals surface area contributed by atoms with Crippen molar-refractivity contribution in [3.63, 3.8) is 0 Å². The Bertz CT molecular complexity index is 1690. The fraction of sp³-hybridized carbons (Fsp3) is 0.594. The molecule has 3 N–H and O–H groups in total. The first-order chi connectivity index (χ1) is 21.8. The lowest BCUT2D eigenvalue weighted by Crippen LogP contribution is -2.60. The molecular weight excluding hydrogens is 630 g/mol. The normalized spacial score (nSPS) is 25.1. The molecule has 5 atom stereocenters. The van der Waals surface area contributed by atoms with Gasteiger partial charge in [-0.15, -0.1) is 6.58 Å². The SMILES string of the molecule is C=CC1C[C@]1(NC(=O)[C@@H]1C[C@@H](Oc2noc3ccccc23)CN1C(=O)[C@@H](NC(=O)OC(C)(C)C)C(C)(C)C)C(=O)NS(=O)(=O)C1CC1. The molecule has 0 bridgehead atoms. The first-order valence-electron chi connectivity index (χ1n) is 15.7. The van der Waals surface area contributed by atoms with E-state index >= 15 is 0 Å². The van der Waals surface area contributed by atoms with Crippen molar-refractivity contribution in [3.05, 3.63) is 36.9 Å². The molecule has 1 saturated heterocycles. The summed E-state index contributed by atoms with van der Waals surface area (Å²) in [6.07, 6.45) is 1.04. The second kappa shape index (κ2) is 12.1. The molecule has 2 saturated carbocycles. The van der Waals surface area contributed by atoms with Crippen molar-refractivity contribution in [1.29, 1.82) is 0 Å². The number of amides is 4. The third-order valence-electron chi connectivity index (χ3n) is 8.49. The number of sulfonamides is 1. The number of hydrogen-bond acceptors (Lipinski definition) is 10. The number of carbonyl (C=O) groups is 4. The Labute approximate surface area is 274 Å². The van der Waals surface area contributed by atoms with Crippen LogP contribution in [0.5, 0.6) is 5.88 Å². The Hall–Kier alpha value is -4.14. The molecule has 1 aromatic carbocycles. The highest BCUT2D eigenvalue weighted by atomic mass is 32.2. The molecule has 3 fully saturated rings. The molecule has 1 unspecified atom stereocenters. The molecule has 0 radical (unpaired) electrons. The summed E-state index contributed by atoms with van der Waals surface area (Å²) >= 11 is 0. The van der Waals surface area contributed by atoms with Crippen LogP contribution in [0, 0.1) is 11.3 Å². The lowest BCUT2D eigenvalue weighted by molar-refractivity contribution is -0.143.